The van der Waals surface area contributed by atoms with Crippen molar-refractivity contribution in [2.45, 2.75) is 70.0 Å². The Balaban J connectivity index is 2.65. The molecule has 1 atom stereocenters. The minimum atomic E-state index is -0.559. The summed E-state index contributed by atoms with van der Waals surface area (Å²) in [5.41, 5.74) is -0.720. The Morgan fingerprint density at radius 2 is 2.04 bits per heavy atom. The first kappa shape index (κ1) is 19.3. The highest BCUT2D eigenvalue weighted by atomic mass is 32.2. The first-order valence-corrected chi connectivity index (χ1v) is 8.47. The third kappa shape index (κ3) is 6.47. The molecule has 8 nitrogen and oxygen atoms in total. The van der Waals surface area contributed by atoms with Gasteiger partial charge in [0.15, 0.2) is 5.16 Å². The van der Waals surface area contributed by atoms with Crippen LogP contribution in [0.5, 0.6) is 0 Å². The number of nitrogens with one attached hydrogen (secondary N) is 3. The number of H-pyrrole nitrogens is 1. The Hall–Kier alpha value is -1.77. The molecule has 130 valence electrons. The summed E-state index contributed by atoms with van der Waals surface area (Å²) in [6.07, 6.45) is 1.80. The van der Waals surface area contributed by atoms with Crippen LogP contribution in [0.25, 0.3) is 0 Å². The van der Waals surface area contributed by atoms with Gasteiger partial charge in [-0.15, -0.1) is 5.10 Å². The molecule has 0 aliphatic heterocycles. The second-order valence-electron chi connectivity index (χ2n) is 6.27. The maximum absolute atomic E-state index is 12.1. The van der Waals surface area contributed by atoms with Crippen molar-refractivity contribution in [3.8, 4) is 0 Å². The van der Waals surface area contributed by atoms with E-state index in [0.29, 0.717) is 11.7 Å². The average molecular weight is 343 g/mol. The van der Waals surface area contributed by atoms with Crippen molar-refractivity contribution in [3.05, 3.63) is 10.5 Å². The van der Waals surface area contributed by atoms with Crippen molar-refractivity contribution in [3.63, 3.8) is 0 Å². The number of imide groups is 1. The number of unbranched alkanes of at least 4 members (excludes halogenated alkanes) is 1. The molecule has 3 N–H and O–H groups in total. The van der Waals surface area contributed by atoms with Crippen LogP contribution in [0.3, 0.4) is 0 Å². The van der Waals surface area contributed by atoms with Crippen molar-refractivity contribution in [2.24, 2.45) is 0 Å². The van der Waals surface area contributed by atoms with Gasteiger partial charge < -0.3 is 5.32 Å². The van der Waals surface area contributed by atoms with E-state index >= 15 is 0 Å². The fourth-order valence-electron chi connectivity index (χ4n) is 1.70. The van der Waals surface area contributed by atoms with Crippen LogP contribution in [0, 0.1) is 0 Å². The van der Waals surface area contributed by atoms with Crippen molar-refractivity contribution in [2.75, 3.05) is 0 Å². The van der Waals surface area contributed by atoms with Gasteiger partial charge in [0.25, 0.3) is 0 Å². The van der Waals surface area contributed by atoms with Gasteiger partial charge in [-0.3, -0.25) is 14.7 Å². The molecular weight excluding hydrogens is 318 g/mol. The molecule has 9 heteroatoms. The lowest BCUT2D eigenvalue weighted by Gasteiger charge is -2.21. The Morgan fingerprint density at radius 3 is 2.61 bits per heavy atom. The minimum absolute atomic E-state index is 0.293. The highest BCUT2D eigenvalue weighted by molar-refractivity contribution is 8.00. The molecule has 1 rings (SSSR count). The molecule has 0 saturated heterocycles. The minimum Gasteiger partial charge on any atom is -0.333 e. The van der Waals surface area contributed by atoms with E-state index in [9.17, 15) is 14.4 Å². The highest BCUT2D eigenvalue weighted by Gasteiger charge is 2.22. The average Bonchev–Trinajstić information content (AvgIpc) is 2.74. The van der Waals surface area contributed by atoms with E-state index in [-0.39, 0.29) is 5.69 Å². The van der Waals surface area contributed by atoms with Gasteiger partial charge in [0.2, 0.25) is 5.91 Å². The fourth-order valence-corrected chi connectivity index (χ4v) is 2.59. The van der Waals surface area contributed by atoms with Crippen LogP contribution in [0.2, 0.25) is 0 Å². The summed E-state index contributed by atoms with van der Waals surface area (Å²) >= 11 is 1.14. The van der Waals surface area contributed by atoms with E-state index in [0.717, 1.165) is 24.6 Å². The summed E-state index contributed by atoms with van der Waals surface area (Å²) in [7, 11) is 0. The molecule has 1 aromatic rings. The van der Waals surface area contributed by atoms with E-state index in [1.807, 2.05) is 27.7 Å². The monoisotopic (exact) mass is 343 g/mol. The summed E-state index contributed by atoms with van der Waals surface area (Å²) in [6, 6.07) is -0.541. The number of carbonyl (C=O) groups excluding carboxylic acids is 2. The number of urea groups is 1. The Labute approximate surface area is 139 Å². The Bertz CT molecular complexity index is 602. The Kier molecular flexibility index (Phi) is 6.86. The maximum Gasteiger partial charge on any atom is 0.343 e. The van der Waals surface area contributed by atoms with Crippen LogP contribution in [0.4, 0.5) is 4.79 Å². The number of aromatic amines is 1. The van der Waals surface area contributed by atoms with Gasteiger partial charge in [-0.05, 0) is 34.1 Å². The first-order chi connectivity index (χ1) is 10.6. The zero-order chi connectivity index (χ0) is 17.6. The topological polar surface area (TPSA) is 109 Å². The highest BCUT2D eigenvalue weighted by Crippen LogP contribution is 2.20. The van der Waals surface area contributed by atoms with Crippen molar-refractivity contribution < 1.29 is 9.59 Å². The number of aromatic nitrogens is 3. The number of nitrogens with zero attached hydrogens (tertiary/aromatic N) is 2. The third-order valence-corrected chi connectivity index (χ3v) is 3.93. The summed E-state index contributed by atoms with van der Waals surface area (Å²) in [5.74, 6) is -0.436. The van der Waals surface area contributed by atoms with E-state index < -0.39 is 22.7 Å². The molecule has 0 aliphatic rings. The summed E-state index contributed by atoms with van der Waals surface area (Å²) < 4.78 is 1.51. The zero-order valence-electron chi connectivity index (χ0n) is 14.2. The molecule has 3 amide bonds. The molecular formula is C14H25N5O3S. The molecule has 0 saturated carbocycles. The number of hydrogen-bond donors (Lipinski definition) is 3. The molecule has 0 aliphatic carbocycles. The number of amides is 3. The number of rotatable bonds is 6. The van der Waals surface area contributed by atoms with Crippen LogP contribution in [-0.2, 0) is 11.3 Å². The van der Waals surface area contributed by atoms with Crippen molar-refractivity contribution in [1.82, 2.24) is 25.4 Å². The molecule has 0 fully saturated rings. The van der Waals surface area contributed by atoms with Gasteiger partial charge in [0.05, 0.1) is 5.25 Å². The molecule has 0 radical (unpaired) electrons. The van der Waals surface area contributed by atoms with E-state index in [1.54, 1.807) is 6.92 Å². The predicted molar refractivity (Wildman–Crippen MR) is 89.5 cm³/mol. The van der Waals surface area contributed by atoms with E-state index in [4.69, 9.17) is 0 Å². The maximum atomic E-state index is 12.1. The van der Waals surface area contributed by atoms with Gasteiger partial charge in [-0.2, -0.15) is 0 Å². The van der Waals surface area contributed by atoms with Gasteiger partial charge in [-0.25, -0.2) is 14.7 Å². The van der Waals surface area contributed by atoms with E-state index in [1.165, 1.54) is 4.57 Å². The van der Waals surface area contributed by atoms with Crippen molar-refractivity contribution in [1.29, 1.82) is 0 Å². The first-order valence-electron chi connectivity index (χ1n) is 7.59. The smallest absolute Gasteiger partial charge is 0.333 e. The molecule has 23 heavy (non-hydrogen) atoms. The van der Waals surface area contributed by atoms with Gasteiger partial charge in [0, 0.05) is 12.1 Å². The summed E-state index contributed by atoms with van der Waals surface area (Å²) in [6.45, 7) is 9.71. The predicted octanol–water partition coefficient (Wildman–Crippen LogP) is 1.48. The zero-order valence-corrected chi connectivity index (χ0v) is 15.0. The van der Waals surface area contributed by atoms with Crippen LogP contribution in [0.1, 0.15) is 47.5 Å². The molecule has 0 bridgehead atoms. The van der Waals surface area contributed by atoms with Gasteiger partial charge in [0.1, 0.15) is 0 Å². The third-order valence-electron chi connectivity index (χ3n) is 2.84. The van der Waals surface area contributed by atoms with Crippen LogP contribution in [0.15, 0.2) is 9.95 Å². The largest absolute Gasteiger partial charge is 0.343 e. The number of hydrogen-bond acceptors (Lipinski definition) is 5. The fraction of sp³-hybridized carbons (Fsp3) is 0.714. The molecule has 0 aromatic carbocycles. The van der Waals surface area contributed by atoms with Gasteiger partial charge >= 0.3 is 11.7 Å². The molecule has 1 aromatic heterocycles. The number of carbonyl (C=O) groups is 2. The SMILES string of the molecule is CCCCn1c(SC(C)C(=O)NC(=O)NC(C)(C)C)n[nH]c1=O. The molecule has 1 heterocycles. The second-order valence-corrected chi connectivity index (χ2v) is 7.58. The second kappa shape index (κ2) is 8.19. The van der Waals surface area contributed by atoms with E-state index in [2.05, 4.69) is 20.8 Å². The van der Waals surface area contributed by atoms with Gasteiger partial charge in [-0.1, -0.05) is 25.1 Å². The summed E-state index contributed by atoms with van der Waals surface area (Å²) in [5, 5.41) is 11.2. The quantitative estimate of drug-likeness (QED) is 0.678. The summed E-state index contributed by atoms with van der Waals surface area (Å²) in [4.78, 5) is 35.5. The lowest BCUT2D eigenvalue weighted by atomic mass is 10.1. The normalized spacial score (nSPS) is 12.7. The van der Waals surface area contributed by atoms with Crippen LogP contribution < -0.4 is 16.3 Å². The van der Waals surface area contributed by atoms with Crippen molar-refractivity contribution >= 4 is 23.7 Å². The molecule has 0 spiro atoms. The van der Waals surface area contributed by atoms with Crippen LogP contribution in [-0.4, -0.2) is 37.5 Å². The Morgan fingerprint density at radius 1 is 1.39 bits per heavy atom. The molecule has 1 unspecified atom stereocenters. The standard InChI is InChI=1S/C14H25N5O3S/c1-6-7-8-19-12(22)17-18-13(19)23-9(2)10(20)15-11(21)16-14(3,4)5/h9H,6-8H2,1-5H3,(H,17,22)(H2,15,16,20,21). The number of thioether (sulfide) groups is 1. The van der Waals surface area contributed by atoms with Crippen LogP contribution >= 0.6 is 11.8 Å². The lowest BCUT2D eigenvalue weighted by molar-refractivity contribution is -0.119. The lowest BCUT2D eigenvalue weighted by Crippen LogP contribution is -2.49.